The lowest BCUT2D eigenvalue weighted by Gasteiger charge is -2.23. The Morgan fingerprint density at radius 2 is 2.26 bits per heavy atom. The van der Waals surface area contributed by atoms with Gasteiger partial charge in [0.15, 0.2) is 0 Å². The molecule has 4 rings (SSSR count). The molecule has 0 amide bonds. The summed E-state index contributed by atoms with van der Waals surface area (Å²) in [5, 5.41) is 13.0. The number of hydrogen-bond acceptors (Lipinski definition) is 7. The summed E-state index contributed by atoms with van der Waals surface area (Å²) in [4.78, 5) is 8.52. The molecule has 6 nitrogen and oxygen atoms in total. The number of rotatable bonds is 1. The average Bonchev–Trinajstić information content (AvgIpc) is 2.96. The van der Waals surface area contributed by atoms with E-state index in [1.54, 1.807) is 16.3 Å². The van der Waals surface area contributed by atoms with Gasteiger partial charge in [0.1, 0.15) is 10.5 Å². The van der Waals surface area contributed by atoms with Crippen LogP contribution in [0.2, 0.25) is 0 Å². The minimum atomic E-state index is 0.775. The Hall–Kier alpha value is -1.25. The van der Waals surface area contributed by atoms with Gasteiger partial charge in [-0.05, 0) is 23.7 Å². The van der Waals surface area contributed by atoms with Gasteiger partial charge in [-0.2, -0.15) is 4.52 Å². The molecule has 4 heterocycles. The second kappa shape index (κ2) is 4.12. The molecule has 8 heteroatoms. The van der Waals surface area contributed by atoms with Crippen LogP contribution in [0.15, 0.2) is 5.03 Å². The van der Waals surface area contributed by atoms with Crippen LogP contribution in [-0.2, 0) is 13.0 Å². The van der Waals surface area contributed by atoms with E-state index in [9.17, 15) is 0 Å². The van der Waals surface area contributed by atoms with Gasteiger partial charge in [0.2, 0.25) is 5.65 Å². The summed E-state index contributed by atoms with van der Waals surface area (Å²) in [5.41, 5.74) is 2.93. The SMILES string of the molecule is CSc1c2sc3c(nc2c2nnnn12)CCN(C)C3. The van der Waals surface area contributed by atoms with E-state index in [2.05, 4.69) is 27.5 Å². The van der Waals surface area contributed by atoms with Gasteiger partial charge in [0.25, 0.3) is 0 Å². The van der Waals surface area contributed by atoms with E-state index in [0.29, 0.717) is 0 Å². The first-order valence-electron chi connectivity index (χ1n) is 6.03. The highest BCUT2D eigenvalue weighted by atomic mass is 32.2. The van der Waals surface area contributed by atoms with Crippen molar-refractivity contribution in [2.24, 2.45) is 0 Å². The van der Waals surface area contributed by atoms with Crippen LogP contribution in [0.3, 0.4) is 0 Å². The molecule has 98 valence electrons. The first kappa shape index (κ1) is 11.6. The summed E-state index contributed by atoms with van der Waals surface area (Å²) in [5.74, 6) is 0. The topological polar surface area (TPSA) is 59.2 Å². The smallest absolute Gasteiger partial charge is 0.207 e. The summed E-state index contributed by atoms with van der Waals surface area (Å²) in [6.45, 7) is 2.05. The normalized spacial score (nSPS) is 16.3. The Labute approximate surface area is 117 Å². The molecule has 3 aromatic heterocycles. The molecule has 19 heavy (non-hydrogen) atoms. The van der Waals surface area contributed by atoms with E-state index >= 15 is 0 Å². The number of thioether (sulfide) groups is 1. The largest absolute Gasteiger partial charge is 0.301 e. The van der Waals surface area contributed by atoms with Crippen LogP contribution in [0.25, 0.3) is 15.9 Å². The molecular formula is C11H12N6S2. The second-order valence-electron chi connectivity index (χ2n) is 4.67. The summed E-state index contributed by atoms with van der Waals surface area (Å²) < 4.78 is 2.98. The molecule has 0 spiro atoms. The van der Waals surface area contributed by atoms with E-state index in [0.717, 1.165) is 35.7 Å². The van der Waals surface area contributed by atoms with Crippen molar-refractivity contribution in [3.05, 3.63) is 10.6 Å². The fraction of sp³-hybridized carbons (Fsp3) is 0.455. The van der Waals surface area contributed by atoms with Crippen LogP contribution < -0.4 is 0 Å². The molecule has 0 aromatic carbocycles. The Morgan fingerprint density at radius 3 is 3.11 bits per heavy atom. The molecule has 0 aliphatic carbocycles. The maximum atomic E-state index is 4.83. The van der Waals surface area contributed by atoms with Gasteiger partial charge in [0, 0.05) is 24.4 Å². The minimum Gasteiger partial charge on any atom is -0.301 e. The van der Waals surface area contributed by atoms with Gasteiger partial charge < -0.3 is 4.90 Å². The van der Waals surface area contributed by atoms with Crippen LogP contribution in [0.1, 0.15) is 10.6 Å². The molecule has 1 aliphatic rings. The fourth-order valence-corrected chi connectivity index (χ4v) is 4.62. The van der Waals surface area contributed by atoms with Crippen molar-refractivity contribution in [3.8, 4) is 0 Å². The summed E-state index contributed by atoms with van der Waals surface area (Å²) >= 11 is 3.49. The molecule has 3 aromatic rings. The van der Waals surface area contributed by atoms with Crippen molar-refractivity contribution >= 4 is 39.0 Å². The number of likely N-dealkylation sites (N-methyl/N-ethyl adjacent to an activating group) is 1. The maximum absolute atomic E-state index is 4.83. The van der Waals surface area contributed by atoms with Crippen LogP contribution >= 0.6 is 23.1 Å². The quantitative estimate of drug-likeness (QED) is 0.633. The fourth-order valence-electron chi connectivity index (χ4n) is 2.46. The van der Waals surface area contributed by atoms with Crippen LogP contribution in [0, 0.1) is 0 Å². The maximum Gasteiger partial charge on any atom is 0.207 e. The number of aromatic nitrogens is 5. The van der Waals surface area contributed by atoms with Crippen molar-refractivity contribution in [2.45, 2.75) is 18.0 Å². The first-order chi connectivity index (χ1) is 9.28. The lowest BCUT2D eigenvalue weighted by molar-refractivity contribution is 0.314. The zero-order valence-corrected chi connectivity index (χ0v) is 12.3. The van der Waals surface area contributed by atoms with Crippen molar-refractivity contribution in [2.75, 3.05) is 19.8 Å². The van der Waals surface area contributed by atoms with E-state index in [1.807, 2.05) is 17.6 Å². The highest BCUT2D eigenvalue weighted by molar-refractivity contribution is 7.98. The first-order valence-corrected chi connectivity index (χ1v) is 8.07. The second-order valence-corrected chi connectivity index (χ2v) is 6.57. The van der Waals surface area contributed by atoms with Crippen LogP contribution in [0.4, 0.5) is 0 Å². The van der Waals surface area contributed by atoms with Gasteiger partial charge >= 0.3 is 0 Å². The Morgan fingerprint density at radius 1 is 1.37 bits per heavy atom. The molecule has 0 fully saturated rings. The average molecular weight is 292 g/mol. The highest BCUT2D eigenvalue weighted by Gasteiger charge is 2.22. The molecular weight excluding hydrogens is 280 g/mol. The molecule has 0 saturated carbocycles. The van der Waals surface area contributed by atoms with Crippen molar-refractivity contribution in [3.63, 3.8) is 0 Å². The van der Waals surface area contributed by atoms with E-state index in [4.69, 9.17) is 4.98 Å². The van der Waals surface area contributed by atoms with Gasteiger partial charge in [0.05, 0.1) is 10.4 Å². The number of hydrogen-bond donors (Lipinski definition) is 0. The van der Waals surface area contributed by atoms with Crippen molar-refractivity contribution < 1.29 is 0 Å². The molecule has 0 radical (unpaired) electrons. The Balaban J connectivity index is 2.07. The molecule has 0 unspecified atom stereocenters. The number of nitrogens with zero attached hydrogens (tertiary/aromatic N) is 6. The minimum absolute atomic E-state index is 0.775. The highest BCUT2D eigenvalue weighted by Crippen LogP contribution is 2.36. The van der Waals surface area contributed by atoms with Crippen LogP contribution in [-0.4, -0.2) is 49.8 Å². The molecule has 0 bridgehead atoms. The van der Waals surface area contributed by atoms with Gasteiger partial charge in [-0.1, -0.05) is 0 Å². The predicted octanol–water partition coefficient (Wildman–Crippen LogP) is 1.44. The summed E-state index contributed by atoms with van der Waals surface area (Å²) in [6.07, 6.45) is 3.06. The third kappa shape index (κ3) is 1.60. The van der Waals surface area contributed by atoms with Gasteiger partial charge in [-0.25, -0.2) is 4.98 Å². The molecule has 1 aliphatic heterocycles. The van der Waals surface area contributed by atoms with Crippen molar-refractivity contribution in [1.29, 1.82) is 0 Å². The molecule has 0 saturated heterocycles. The van der Waals surface area contributed by atoms with E-state index < -0.39 is 0 Å². The molecule has 0 N–H and O–H groups in total. The van der Waals surface area contributed by atoms with Gasteiger partial charge in [-0.15, -0.1) is 28.2 Å². The van der Waals surface area contributed by atoms with Crippen molar-refractivity contribution in [1.82, 2.24) is 29.9 Å². The summed E-state index contributed by atoms with van der Waals surface area (Å²) in [6, 6.07) is 0. The zero-order valence-electron chi connectivity index (χ0n) is 10.6. The number of tetrazole rings is 1. The Bertz CT molecular complexity index is 776. The zero-order chi connectivity index (χ0) is 13.0. The van der Waals surface area contributed by atoms with Gasteiger partial charge in [-0.3, -0.25) is 0 Å². The number of fused-ring (bicyclic) bond motifs is 4. The third-order valence-electron chi connectivity index (χ3n) is 3.41. The standard InChI is InChI=1S/C11H12N6S2/c1-16-4-3-6-7(5-16)19-9-8(12-6)10-13-14-15-17(10)11(9)18-2/h3-5H2,1-2H3. The summed E-state index contributed by atoms with van der Waals surface area (Å²) in [7, 11) is 2.15. The monoisotopic (exact) mass is 292 g/mol. The third-order valence-corrected chi connectivity index (χ3v) is 5.51. The predicted molar refractivity (Wildman–Crippen MR) is 75.8 cm³/mol. The lowest BCUT2D eigenvalue weighted by Crippen LogP contribution is -2.26. The Kier molecular flexibility index (Phi) is 2.51. The molecule has 0 atom stereocenters. The van der Waals surface area contributed by atoms with E-state index in [-0.39, 0.29) is 0 Å². The van der Waals surface area contributed by atoms with E-state index in [1.165, 1.54) is 15.3 Å². The lowest BCUT2D eigenvalue weighted by atomic mass is 10.2. The van der Waals surface area contributed by atoms with Crippen LogP contribution in [0.5, 0.6) is 0 Å².